The summed E-state index contributed by atoms with van der Waals surface area (Å²) in [6.07, 6.45) is 9.16. The predicted molar refractivity (Wildman–Crippen MR) is 84.8 cm³/mol. The standard InChI is InChI=1S/C18H18N2O/c21-17-11-12-20-16-10-4-2-1-3-8-14(16)13-7-5-6-9-15(13)18(20)19-17/h5-7,9,11-12H,1-4,8,10H2. The molecular formula is C18H18N2O. The number of rotatable bonds is 0. The van der Waals surface area contributed by atoms with Crippen molar-refractivity contribution < 1.29 is 0 Å². The average molecular weight is 278 g/mol. The third-order valence-corrected chi connectivity index (χ3v) is 4.53. The first-order chi connectivity index (χ1) is 10.3. The zero-order chi connectivity index (χ0) is 14.2. The molecule has 3 heteroatoms. The highest BCUT2D eigenvalue weighted by atomic mass is 16.1. The van der Waals surface area contributed by atoms with Gasteiger partial charge in [-0.25, -0.2) is 0 Å². The summed E-state index contributed by atoms with van der Waals surface area (Å²) in [6, 6.07) is 9.93. The highest BCUT2D eigenvalue weighted by molar-refractivity contribution is 5.96. The molecule has 0 bridgehead atoms. The van der Waals surface area contributed by atoms with E-state index in [0.29, 0.717) is 0 Å². The van der Waals surface area contributed by atoms with Crippen LogP contribution in [-0.2, 0) is 12.8 Å². The Balaban J connectivity index is 2.18. The van der Waals surface area contributed by atoms with E-state index in [2.05, 4.69) is 27.6 Å². The summed E-state index contributed by atoms with van der Waals surface area (Å²) in [5, 5.41) is 2.36. The zero-order valence-corrected chi connectivity index (χ0v) is 12.0. The summed E-state index contributed by atoms with van der Waals surface area (Å²) in [5.74, 6) is 0. The van der Waals surface area contributed by atoms with Crippen molar-refractivity contribution in [1.82, 2.24) is 9.38 Å². The molecule has 21 heavy (non-hydrogen) atoms. The Hall–Kier alpha value is -2.16. The molecule has 0 atom stereocenters. The summed E-state index contributed by atoms with van der Waals surface area (Å²) in [5.41, 5.74) is 3.43. The Labute approximate surface area is 123 Å². The number of hydrogen-bond donors (Lipinski definition) is 0. The normalized spacial score (nSPS) is 15.6. The first-order valence-electron chi connectivity index (χ1n) is 7.76. The van der Waals surface area contributed by atoms with Gasteiger partial charge in [0.1, 0.15) is 5.65 Å². The highest BCUT2D eigenvalue weighted by Gasteiger charge is 2.15. The molecule has 3 nitrogen and oxygen atoms in total. The van der Waals surface area contributed by atoms with Gasteiger partial charge in [-0.1, -0.05) is 37.1 Å². The van der Waals surface area contributed by atoms with Gasteiger partial charge in [-0.2, -0.15) is 4.98 Å². The van der Waals surface area contributed by atoms with Gasteiger partial charge in [0.2, 0.25) is 0 Å². The first kappa shape index (κ1) is 12.6. The number of aryl methyl sites for hydroxylation is 2. The van der Waals surface area contributed by atoms with Gasteiger partial charge < -0.3 is 4.40 Å². The van der Waals surface area contributed by atoms with Crippen LogP contribution in [0, 0.1) is 0 Å². The molecule has 1 aliphatic rings. The molecule has 0 saturated heterocycles. The van der Waals surface area contributed by atoms with Crippen LogP contribution in [0.1, 0.15) is 36.9 Å². The predicted octanol–water partition coefficient (Wildman–Crippen LogP) is 3.51. The Morgan fingerprint density at radius 1 is 0.905 bits per heavy atom. The molecular weight excluding hydrogens is 260 g/mol. The van der Waals surface area contributed by atoms with E-state index in [4.69, 9.17) is 0 Å². The monoisotopic (exact) mass is 278 g/mol. The smallest absolute Gasteiger partial charge is 0.273 e. The number of benzene rings is 1. The van der Waals surface area contributed by atoms with Crippen LogP contribution in [0.4, 0.5) is 0 Å². The van der Waals surface area contributed by atoms with E-state index in [1.807, 2.05) is 12.3 Å². The molecule has 0 fully saturated rings. The van der Waals surface area contributed by atoms with E-state index >= 15 is 0 Å². The zero-order valence-electron chi connectivity index (χ0n) is 12.0. The lowest BCUT2D eigenvalue weighted by Crippen LogP contribution is -2.13. The van der Waals surface area contributed by atoms with E-state index in [0.717, 1.165) is 23.9 Å². The minimum atomic E-state index is -0.161. The van der Waals surface area contributed by atoms with E-state index in [9.17, 15) is 4.79 Å². The molecule has 1 aliphatic carbocycles. The summed E-state index contributed by atoms with van der Waals surface area (Å²) < 4.78 is 2.14. The molecule has 4 rings (SSSR count). The van der Waals surface area contributed by atoms with Crippen molar-refractivity contribution in [2.75, 3.05) is 0 Å². The lowest BCUT2D eigenvalue weighted by atomic mass is 9.93. The van der Waals surface area contributed by atoms with Gasteiger partial charge in [0, 0.05) is 23.3 Å². The average Bonchev–Trinajstić information content (AvgIpc) is 2.48. The Morgan fingerprint density at radius 3 is 2.52 bits per heavy atom. The van der Waals surface area contributed by atoms with Crippen LogP contribution in [0.15, 0.2) is 41.3 Å². The molecule has 0 unspecified atom stereocenters. The van der Waals surface area contributed by atoms with Crippen molar-refractivity contribution in [3.05, 3.63) is 58.1 Å². The van der Waals surface area contributed by atoms with Crippen LogP contribution in [-0.4, -0.2) is 9.38 Å². The Bertz CT molecular complexity index is 879. The highest BCUT2D eigenvalue weighted by Crippen LogP contribution is 2.29. The number of fused-ring (bicyclic) bond motifs is 6. The molecule has 0 spiro atoms. The fraction of sp³-hybridized carbons (Fsp3) is 0.333. The molecule has 2 aromatic heterocycles. The Morgan fingerprint density at radius 2 is 1.67 bits per heavy atom. The number of hydrogen-bond acceptors (Lipinski definition) is 2. The summed E-state index contributed by atoms with van der Waals surface area (Å²) in [4.78, 5) is 16.0. The molecule has 0 amide bonds. The van der Waals surface area contributed by atoms with Crippen molar-refractivity contribution in [2.45, 2.75) is 38.5 Å². The maximum absolute atomic E-state index is 11.7. The molecule has 2 heterocycles. The van der Waals surface area contributed by atoms with Crippen LogP contribution in [0.2, 0.25) is 0 Å². The molecule has 0 saturated carbocycles. The summed E-state index contributed by atoms with van der Waals surface area (Å²) in [6.45, 7) is 0. The lowest BCUT2D eigenvalue weighted by Gasteiger charge is -2.20. The van der Waals surface area contributed by atoms with E-state index in [1.54, 1.807) is 6.07 Å². The van der Waals surface area contributed by atoms with Crippen molar-refractivity contribution in [3.63, 3.8) is 0 Å². The van der Waals surface area contributed by atoms with Gasteiger partial charge in [-0.15, -0.1) is 0 Å². The number of nitrogens with zero attached hydrogens (tertiary/aromatic N) is 2. The fourth-order valence-corrected chi connectivity index (χ4v) is 3.55. The number of pyridine rings is 1. The van der Waals surface area contributed by atoms with Gasteiger partial charge in [-0.3, -0.25) is 4.79 Å². The van der Waals surface area contributed by atoms with Crippen molar-refractivity contribution >= 4 is 16.4 Å². The maximum Gasteiger partial charge on any atom is 0.273 e. The summed E-state index contributed by atoms with van der Waals surface area (Å²) >= 11 is 0. The molecule has 106 valence electrons. The topological polar surface area (TPSA) is 34.4 Å². The lowest BCUT2D eigenvalue weighted by molar-refractivity contribution is 0.607. The first-order valence-corrected chi connectivity index (χ1v) is 7.76. The second-order valence-electron chi connectivity index (χ2n) is 5.84. The van der Waals surface area contributed by atoms with Crippen molar-refractivity contribution in [2.24, 2.45) is 0 Å². The third kappa shape index (κ3) is 2.04. The SMILES string of the molecule is O=c1ccn2c3c(c4ccccc4c2n1)CCCCCC3. The van der Waals surface area contributed by atoms with E-state index in [1.165, 1.54) is 42.3 Å². The number of aromatic nitrogens is 2. The summed E-state index contributed by atoms with van der Waals surface area (Å²) in [7, 11) is 0. The van der Waals surface area contributed by atoms with Crippen LogP contribution in [0.5, 0.6) is 0 Å². The van der Waals surface area contributed by atoms with Crippen LogP contribution in [0.25, 0.3) is 16.4 Å². The van der Waals surface area contributed by atoms with Gasteiger partial charge in [0.25, 0.3) is 5.56 Å². The van der Waals surface area contributed by atoms with Gasteiger partial charge >= 0.3 is 0 Å². The van der Waals surface area contributed by atoms with Crippen molar-refractivity contribution in [1.29, 1.82) is 0 Å². The largest absolute Gasteiger partial charge is 0.305 e. The third-order valence-electron chi connectivity index (χ3n) is 4.53. The molecule has 0 aliphatic heterocycles. The second-order valence-corrected chi connectivity index (χ2v) is 5.84. The molecule has 0 radical (unpaired) electrons. The second kappa shape index (κ2) is 4.99. The minimum Gasteiger partial charge on any atom is -0.305 e. The molecule has 3 aromatic rings. The van der Waals surface area contributed by atoms with Gasteiger partial charge in [0.15, 0.2) is 0 Å². The molecule has 0 N–H and O–H groups in total. The van der Waals surface area contributed by atoms with Gasteiger partial charge in [-0.05, 0) is 36.6 Å². The molecule has 1 aromatic carbocycles. The van der Waals surface area contributed by atoms with Crippen molar-refractivity contribution in [3.8, 4) is 0 Å². The fourth-order valence-electron chi connectivity index (χ4n) is 3.55. The van der Waals surface area contributed by atoms with Crippen LogP contribution >= 0.6 is 0 Å². The van der Waals surface area contributed by atoms with E-state index in [-0.39, 0.29) is 5.56 Å². The maximum atomic E-state index is 11.7. The van der Waals surface area contributed by atoms with Crippen LogP contribution in [0.3, 0.4) is 0 Å². The van der Waals surface area contributed by atoms with Gasteiger partial charge in [0.05, 0.1) is 0 Å². The van der Waals surface area contributed by atoms with E-state index < -0.39 is 0 Å². The minimum absolute atomic E-state index is 0.161. The Kier molecular flexibility index (Phi) is 2.99. The quantitative estimate of drug-likeness (QED) is 0.590. The van der Waals surface area contributed by atoms with Crippen LogP contribution < -0.4 is 5.56 Å².